The summed E-state index contributed by atoms with van der Waals surface area (Å²) in [6.07, 6.45) is 8.12. The third-order valence-corrected chi connectivity index (χ3v) is 4.88. The maximum absolute atomic E-state index is 5.22. The second kappa shape index (κ2) is 6.49. The standard InChI is InChI=1S/C17H26N2O/c1-20-14-10-8-13(9-11-14)19-17-7-4-5-15(17)16-6-2-3-12-18-16/h8-11,15-19H,2-7,12H2,1H3. The summed E-state index contributed by atoms with van der Waals surface area (Å²) in [7, 11) is 1.71. The maximum Gasteiger partial charge on any atom is 0.119 e. The molecule has 0 spiro atoms. The van der Waals surface area contributed by atoms with Crippen LogP contribution in [0.4, 0.5) is 5.69 Å². The topological polar surface area (TPSA) is 33.3 Å². The van der Waals surface area contributed by atoms with Gasteiger partial charge in [-0.2, -0.15) is 0 Å². The van der Waals surface area contributed by atoms with E-state index in [1.165, 1.54) is 50.8 Å². The van der Waals surface area contributed by atoms with E-state index in [0.717, 1.165) is 17.7 Å². The molecule has 0 radical (unpaired) electrons. The van der Waals surface area contributed by atoms with Gasteiger partial charge in [0, 0.05) is 17.8 Å². The molecule has 0 amide bonds. The summed E-state index contributed by atoms with van der Waals surface area (Å²) >= 11 is 0. The highest BCUT2D eigenvalue weighted by molar-refractivity contribution is 5.47. The molecular weight excluding hydrogens is 248 g/mol. The van der Waals surface area contributed by atoms with E-state index >= 15 is 0 Å². The first-order chi connectivity index (χ1) is 9.86. The largest absolute Gasteiger partial charge is 0.497 e. The number of rotatable bonds is 4. The van der Waals surface area contributed by atoms with Crippen LogP contribution < -0.4 is 15.4 Å². The highest BCUT2D eigenvalue weighted by atomic mass is 16.5. The Morgan fingerprint density at radius 2 is 1.90 bits per heavy atom. The Balaban J connectivity index is 1.62. The van der Waals surface area contributed by atoms with E-state index in [9.17, 15) is 0 Å². The van der Waals surface area contributed by atoms with E-state index in [4.69, 9.17) is 4.74 Å². The Morgan fingerprint density at radius 3 is 2.60 bits per heavy atom. The van der Waals surface area contributed by atoms with Gasteiger partial charge in [-0.25, -0.2) is 0 Å². The first-order valence-corrected chi connectivity index (χ1v) is 8.01. The normalized spacial score (nSPS) is 30.1. The van der Waals surface area contributed by atoms with Crippen LogP contribution in [0.25, 0.3) is 0 Å². The monoisotopic (exact) mass is 274 g/mol. The Hall–Kier alpha value is -1.22. The molecule has 1 aromatic rings. The summed E-state index contributed by atoms with van der Waals surface area (Å²) in [5.41, 5.74) is 1.22. The predicted molar refractivity (Wildman–Crippen MR) is 83.4 cm³/mol. The van der Waals surface area contributed by atoms with E-state index in [2.05, 4.69) is 22.8 Å². The van der Waals surface area contributed by atoms with Gasteiger partial charge in [-0.05, 0) is 62.4 Å². The van der Waals surface area contributed by atoms with Crippen LogP contribution >= 0.6 is 0 Å². The fourth-order valence-electron chi connectivity index (χ4n) is 3.80. The van der Waals surface area contributed by atoms with Crippen LogP contribution in [0.3, 0.4) is 0 Å². The molecule has 110 valence electrons. The summed E-state index contributed by atoms with van der Waals surface area (Å²) in [6.45, 7) is 1.20. The molecule has 1 saturated carbocycles. The van der Waals surface area contributed by atoms with Crippen molar-refractivity contribution in [1.29, 1.82) is 0 Å². The summed E-state index contributed by atoms with van der Waals surface area (Å²) < 4.78 is 5.22. The lowest BCUT2D eigenvalue weighted by Crippen LogP contribution is -2.44. The molecule has 1 aliphatic carbocycles. The number of anilines is 1. The molecule has 3 nitrogen and oxygen atoms in total. The van der Waals surface area contributed by atoms with Crippen molar-refractivity contribution in [3.8, 4) is 5.75 Å². The molecule has 0 aromatic heterocycles. The molecule has 2 aliphatic rings. The van der Waals surface area contributed by atoms with Crippen LogP contribution in [0.5, 0.6) is 5.75 Å². The van der Waals surface area contributed by atoms with Crippen LogP contribution in [0.15, 0.2) is 24.3 Å². The number of ether oxygens (including phenoxy) is 1. The minimum Gasteiger partial charge on any atom is -0.497 e. The molecule has 3 unspecified atom stereocenters. The van der Waals surface area contributed by atoms with E-state index < -0.39 is 0 Å². The minimum atomic E-state index is 0.624. The molecule has 0 bridgehead atoms. The fraction of sp³-hybridized carbons (Fsp3) is 0.647. The van der Waals surface area contributed by atoms with Gasteiger partial charge in [-0.1, -0.05) is 12.8 Å². The third kappa shape index (κ3) is 3.09. The predicted octanol–water partition coefficient (Wildman–Crippen LogP) is 3.42. The number of benzene rings is 1. The van der Waals surface area contributed by atoms with Crippen molar-refractivity contribution in [3.05, 3.63) is 24.3 Å². The maximum atomic E-state index is 5.22. The Kier molecular flexibility index (Phi) is 4.46. The third-order valence-electron chi connectivity index (χ3n) is 4.88. The van der Waals surface area contributed by atoms with Crippen LogP contribution in [0, 0.1) is 5.92 Å². The smallest absolute Gasteiger partial charge is 0.119 e. The first kappa shape index (κ1) is 13.7. The molecule has 3 atom stereocenters. The number of hydrogen-bond acceptors (Lipinski definition) is 3. The van der Waals surface area contributed by atoms with Gasteiger partial charge in [-0.3, -0.25) is 0 Å². The molecule has 1 aromatic carbocycles. The van der Waals surface area contributed by atoms with Crippen LogP contribution in [0.1, 0.15) is 38.5 Å². The van der Waals surface area contributed by atoms with Gasteiger partial charge in [0.15, 0.2) is 0 Å². The molecule has 1 aliphatic heterocycles. The van der Waals surface area contributed by atoms with Gasteiger partial charge in [-0.15, -0.1) is 0 Å². The van der Waals surface area contributed by atoms with Gasteiger partial charge in [0.05, 0.1) is 7.11 Å². The van der Waals surface area contributed by atoms with Crippen molar-refractivity contribution in [3.63, 3.8) is 0 Å². The van der Waals surface area contributed by atoms with Crippen molar-refractivity contribution in [2.24, 2.45) is 5.92 Å². The zero-order chi connectivity index (χ0) is 13.8. The number of hydrogen-bond donors (Lipinski definition) is 2. The van der Waals surface area contributed by atoms with E-state index in [1.807, 2.05) is 12.1 Å². The minimum absolute atomic E-state index is 0.624. The highest BCUT2D eigenvalue weighted by Gasteiger charge is 2.34. The first-order valence-electron chi connectivity index (χ1n) is 8.01. The van der Waals surface area contributed by atoms with Gasteiger partial charge in [0.1, 0.15) is 5.75 Å². The molecule has 1 saturated heterocycles. The number of methoxy groups -OCH3 is 1. The SMILES string of the molecule is COc1ccc(NC2CCCC2C2CCCCN2)cc1. The van der Waals surface area contributed by atoms with Crippen molar-refractivity contribution in [2.45, 2.75) is 50.6 Å². The molecular formula is C17H26N2O. The van der Waals surface area contributed by atoms with Crippen LogP contribution in [-0.2, 0) is 0 Å². The Labute approximate surface area is 122 Å². The van der Waals surface area contributed by atoms with E-state index in [1.54, 1.807) is 7.11 Å². The number of nitrogens with one attached hydrogen (secondary N) is 2. The molecule has 2 fully saturated rings. The lowest BCUT2D eigenvalue weighted by atomic mass is 9.88. The van der Waals surface area contributed by atoms with Crippen molar-refractivity contribution >= 4 is 5.69 Å². The van der Waals surface area contributed by atoms with E-state index in [0.29, 0.717) is 6.04 Å². The van der Waals surface area contributed by atoms with Crippen LogP contribution in [-0.4, -0.2) is 25.7 Å². The zero-order valence-electron chi connectivity index (χ0n) is 12.4. The summed E-state index contributed by atoms with van der Waals surface area (Å²) in [4.78, 5) is 0. The molecule has 20 heavy (non-hydrogen) atoms. The van der Waals surface area contributed by atoms with Gasteiger partial charge in [0.25, 0.3) is 0 Å². The summed E-state index contributed by atoms with van der Waals surface area (Å²) in [5, 5.41) is 7.48. The summed E-state index contributed by atoms with van der Waals surface area (Å²) in [5.74, 6) is 1.71. The second-order valence-corrected chi connectivity index (χ2v) is 6.13. The van der Waals surface area contributed by atoms with Crippen molar-refractivity contribution in [1.82, 2.24) is 5.32 Å². The lowest BCUT2D eigenvalue weighted by molar-refractivity contribution is 0.286. The van der Waals surface area contributed by atoms with Gasteiger partial charge >= 0.3 is 0 Å². The Bertz CT molecular complexity index is 412. The van der Waals surface area contributed by atoms with Gasteiger partial charge in [0.2, 0.25) is 0 Å². The molecule has 3 heteroatoms. The highest BCUT2D eigenvalue weighted by Crippen LogP contribution is 2.33. The fourth-order valence-corrected chi connectivity index (χ4v) is 3.80. The van der Waals surface area contributed by atoms with Gasteiger partial charge < -0.3 is 15.4 Å². The zero-order valence-corrected chi connectivity index (χ0v) is 12.4. The molecule has 3 rings (SSSR count). The summed E-state index contributed by atoms with van der Waals surface area (Å²) in [6, 6.07) is 9.67. The quantitative estimate of drug-likeness (QED) is 0.882. The van der Waals surface area contributed by atoms with E-state index in [-0.39, 0.29) is 0 Å². The average Bonchev–Trinajstić information content (AvgIpc) is 2.97. The second-order valence-electron chi connectivity index (χ2n) is 6.13. The lowest BCUT2D eigenvalue weighted by Gasteiger charge is -2.33. The van der Waals surface area contributed by atoms with Crippen molar-refractivity contribution in [2.75, 3.05) is 19.0 Å². The van der Waals surface area contributed by atoms with Crippen LogP contribution in [0.2, 0.25) is 0 Å². The van der Waals surface area contributed by atoms with Crippen molar-refractivity contribution < 1.29 is 4.74 Å². The number of piperidine rings is 1. The average molecular weight is 274 g/mol. The molecule has 1 heterocycles. The Morgan fingerprint density at radius 1 is 1.05 bits per heavy atom. The molecule has 2 N–H and O–H groups in total.